The fourth-order valence-corrected chi connectivity index (χ4v) is 2.23. The number of benzene rings is 1. The summed E-state index contributed by atoms with van der Waals surface area (Å²) in [5.41, 5.74) is 0. The zero-order valence-electron chi connectivity index (χ0n) is 6.98. The van der Waals surface area contributed by atoms with Gasteiger partial charge in [-0.1, -0.05) is 23.7 Å². The summed E-state index contributed by atoms with van der Waals surface area (Å²) in [7, 11) is 0. The minimum absolute atomic E-state index is 0.315. The molecule has 1 aromatic heterocycles. The Bertz CT molecular complexity index is 510. The summed E-state index contributed by atoms with van der Waals surface area (Å²) in [5, 5.41) is 1.74. The number of rotatable bonds is 1. The average molecular weight is 228 g/mol. The Labute approximate surface area is 88.0 Å². The van der Waals surface area contributed by atoms with Crippen molar-refractivity contribution in [2.24, 2.45) is 0 Å². The van der Waals surface area contributed by atoms with Crippen LogP contribution in [-0.4, -0.2) is 13.7 Å². The maximum atomic E-state index is 11.0. The van der Waals surface area contributed by atoms with Gasteiger partial charge in [0.2, 0.25) is 0 Å². The van der Waals surface area contributed by atoms with Crippen molar-refractivity contribution in [1.29, 1.82) is 0 Å². The van der Waals surface area contributed by atoms with Crippen LogP contribution in [-0.2, 0) is 11.1 Å². The van der Waals surface area contributed by atoms with E-state index in [4.69, 9.17) is 16.2 Å². The van der Waals surface area contributed by atoms with Crippen LogP contribution in [0.2, 0.25) is 5.02 Å². The summed E-state index contributed by atoms with van der Waals surface area (Å²) in [4.78, 5) is 4.22. The normalized spacial score (nSPS) is 13.0. The summed E-state index contributed by atoms with van der Waals surface area (Å²) in [5.74, 6) is 0. The van der Waals surface area contributed by atoms with Crippen molar-refractivity contribution in [2.45, 2.75) is 4.90 Å². The van der Waals surface area contributed by atoms with E-state index in [0.29, 0.717) is 15.3 Å². The quantitative estimate of drug-likeness (QED) is 0.762. The molecule has 2 aromatic rings. The van der Waals surface area contributed by atoms with Crippen molar-refractivity contribution in [3.8, 4) is 0 Å². The highest BCUT2D eigenvalue weighted by molar-refractivity contribution is 7.79. The molecule has 0 aliphatic heterocycles. The topological polar surface area (TPSA) is 50.2 Å². The molecule has 5 heteroatoms. The monoisotopic (exact) mass is 227 g/mol. The van der Waals surface area contributed by atoms with Crippen molar-refractivity contribution in [3.05, 3.63) is 35.6 Å². The van der Waals surface area contributed by atoms with Crippen molar-refractivity contribution in [1.82, 2.24) is 4.98 Å². The van der Waals surface area contributed by atoms with Crippen molar-refractivity contribution >= 4 is 33.5 Å². The standard InChI is InChI=1S/C9H6ClNO2S/c10-7-5-11-4-6-2-1-3-8(9(6)7)14(12)13/h1-5H,(H,12,13). The van der Waals surface area contributed by atoms with Crippen molar-refractivity contribution in [2.75, 3.05) is 0 Å². The third kappa shape index (κ3) is 1.52. The Morgan fingerprint density at radius 1 is 1.36 bits per heavy atom. The molecule has 0 saturated carbocycles. The highest BCUT2D eigenvalue weighted by Gasteiger charge is 2.08. The lowest BCUT2D eigenvalue weighted by atomic mass is 10.2. The summed E-state index contributed by atoms with van der Waals surface area (Å²) >= 11 is 3.87. The van der Waals surface area contributed by atoms with E-state index in [1.165, 1.54) is 6.20 Å². The van der Waals surface area contributed by atoms with E-state index in [9.17, 15) is 4.21 Å². The molecule has 0 amide bonds. The van der Waals surface area contributed by atoms with Gasteiger partial charge >= 0.3 is 0 Å². The van der Waals surface area contributed by atoms with E-state index in [1.807, 2.05) is 0 Å². The van der Waals surface area contributed by atoms with Crippen LogP contribution in [0.1, 0.15) is 0 Å². The largest absolute Gasteiger partial charge is 0.302 e. The number of aromatic nitrogens is 1. The zero-order chi connectivity index (χ0) is 10.1. The minimum Gasteiger partial charge on any atom is -0.302 e. The van der Waals surface area contributed by atoms with Gasteiger partial charge in [0.1, 0.15) is 0 Å². The Morgan fingerprint density at radius 3 is 2.86 bits per heavy atom. The second-order valence-electron chi connectivity index (χ2n) is 2.72. The Kier molecular flexibility index (Phi) is 2.50. The molecule has 72 valence electrons. The first-order valence-electron chi connectivity index (χ1n) is 3.83. The Balaban J connectivity index is 2.91. The molecule has 0 aliphatic rings. The second-order valence-corrected chi connectivity index (χ2v) is 4.07. The SMILES string of the molecule is O=S(O)c1cccc2cncc(Cl)c12. The number of halogens is 1. The van der Waals surface area contributed by atoms with E-state index >= 15 is 0 Å². The van der Waals surface area contributed by atoms with Gasteiger partial charge in [-0.05, 0) is 6.07 Å². The minimum atomic E-state index is -2.03. The molecule has 0 spiro atoms. The molecule has 0 aliphatic carbocycles. The van der Waals surface area contributed by atoms with Gasteiger partial charge in [0.25, 0.3) is 0 Å². The van der Waals surface area contributed by atoms with Gasteiger partial charge in [0, 0.05) is 23.2 Å². The molecule has 1 heterocycles. The molecule has 0 bridgehead atoms. The maximum absolute atomic E-state index is 11.0. The van der Waals surface area contributed by atoms with E-state index in [2.05, 4.69) is 4.98 Å². The van der Waals surface area contributed by atoms with Crippen LogP contribution < -0.4 is 0 Å². The van der Waals surface area contributed by atoms with Gasteiger partial charge in [0.05, 0.1) is 9.92 Å². The number of hydrogen-bond acceptors (Lipinski definition) is 2. The lowest BCUT2D eigenvalue weighted by Gasteiger charge is -2.03. The van der Waals surface area contributed by atoms with Crippen molar-refractivity contribution in [3.63, 3.8) is 0 Å². The van der Waals surface area contributed by atoms with E-state index in [0.717, 1.165) is 5.39 Å². The van der Waals surface area contributed by atoms with Crippen LogP contribution in [0.25, 0.3) is 10.8 Å². The molecule has 0 radical (unpaired) electrons. The molecule has 1 unspecified atom stereocenters. The van der Waals surface area contributed by atoms with E-state index in [-0.39, 0.29) is 0 Å². The molecular formula is C9H6ClNO2S. The number of hydrogen-bond donors (Lipinski definition) is 1. The van der Waals surface area contributed by atoms with E-state index < -0.39 is 11.1 Å². The Morgan fingerprint density at radius 2 is 2.14 bits per heavy atom. The Hall–Kier alpha value is -0.970. The average Bonchev–Trinajstić information content (AvgIpc) is 2.17. The van der Waals surface area contributed by atoms with Crippen LogP contribution in [0.15, 0.2) is 35.5 Å². The first kappa shape index (κ1) is 9.58. The summed E-state index contributed by atoms with van der Waals surface area (Å²) < 4.78 is 20.0. The second kappa shape index (κ2) is 3.65. The molecule has 3 nitrogen and oxygen atoms in total. The summed E-state index contributed by atoms with van der Waals surface area (Å²) in [6.45, 7) is 0. The van der Waals surface area contributed by atoms with Gasteiger partial charge in [-0.25, -0.2) is 4.21 Å². The number of pyridine rings is 1. The van der Waals surface area contributed by atoms with Crippen LogP contribution >= 0.6 is 11.6 Å². The molecule has 2 rings (SSSR count). The first-order valence-corrected chi connectivity index (χ1v) is 5.31. The van der Waals surface area contributed by atoms with Gasteiger partial charge in [-0.2, -0.15) is 0 Å². The third-order valence-corrected chi connectivity index (χ3v) is 2.89. The highest BCUT2D eigenvalue weighted by Crippen LogP contribution is 2.27. The predicted octanol–water partition coefficient (Wildman–Crippen LogP) is 2.47. The van der Waals surface area contributed by atoms with Crippen LogP contribution in [0.5, 0.6) is 0 Å². The molecule has 1 atom stereocenters. The summed E-state index contributed by atoms with van der Waals surface area (Å²) in [6.07, 6.45) is 3.07. The van der Waals surface area contributed by atoms with Gasteiger partial charge in [0.15, 0.2) is 11.1 Å². The van der Waals surface area contributed by atoms with Crippen LogP contribution in [0.4, 0.5) is 0 Å². The van der Waals surface area contributed by atoms with Gasteiger partial charge in [-0.15, -0.1) is 0 Å². The lowest BCUT2D eigenvalue weighted by molar-refractivity contribution is 0.565. The fourth-order valence-electron chi connectivity index (χ4n) is 1.30. The smallest absolute Gasteiger partial charge is 0.187 e. The predicted molar refractivity (Wildman–Crippen MR) is 55.8 cm³/mol. The summed E-state index contributed by atoms with van der Waals surface area (Å²) in [6, 6.07) is 5.07. The molecule has 14 heavy (non-hydrogen) atoms. The maximum Gasteiger partial charge on any atom is 0.187 e. The number of fused-ring (bicyclic) bond motifs is 1. The molecular weight excluding hydrogens is 222 g/mol. The van der Waals surface area contributed by atoms with Gasteiger partial charge in [-0.3, -0.25) is 4.98 Å². The fraction of sp³-hybridized carbons (Fsp3) is 0. The molecule has 0 fully saturated rings. The zero-order valence-corrected chi connectivity index (χ0v) is 8.55. The molecule has 1 aromatic carbocycles. The number of nitrogens with zero attached hydrogens (tertiary/aromatic N) is 1. The lowest BCUT2D eigenvalue weighted by Crippen LogP contribution is -1.91. The molecule has 1 N–H and O–H groups in total. The van der Waals surface area contributed by atoms with Crippen LogP contribution in [0, 0.1) is 0 Å². The van der Waals surface area contributed by atoms with Gasteiger partial charge < -0.3 is 4.55 Å². The van der Waals surface area contributed by atoms with Crippen LogP contribution in [0.3, 0.4) is 0 Å². The first-order chi connectivity index (χ1) is 6.70. The van der Waals surface area contributed by atoms with Crippen molar-refractivity contribution < 1.29 is 8.76 Å². The van der Waals surface area contributed by atoms with E-state index in [1.54, 1.807) is 24.4 Å². The third-order valence-electron chi connectivity index (χ3n) is 1.89. The molecule has 0 saturated heterocycles. The highest BCUT2D eigenvalue weighted by atomic mass is 35.5.